The standard InChI is InChI=1S/C23H24/c1-15(18-12-20(18)16-8-4-2-5-9-16)19-13-22(19)23-14-21(23)17-10-6-3-7-11-17/h2-11,18-23H,1,12-14H2. The van der Waals surface area contributed by atoms with E-state index < -0.39 is 0 Å². The van der Waals surface area contributed by atoms with Crippen LogP contribution in [0.25, 0.3) is 0 Å². The van der Waals surface area contributed by atoms with Gasteiger partial charge in [-0.25, -0.2) is 0 Å². The summed E-state index contributed by atoms with van der Waals surface area (Å²) in [5.74, 6) is 5.06. The summed E-state index contributed by atoms with van der Waals surface area (Å²) in [5.41, 5.74) is 4.65. The molecule has 0 bridgehead atoms. The number of hydrogen-bond donors (Lipinski definition) is 0. The number of benzene rings is 2. The van der Waals surface area contributed by atoms with E-state index in [0.29, 0.717) is 0 Å². The molecule has 0 spiro atoms. The van der Waals surface area contributed by atoms with E-state index in [1.165, 1.54) is 24.8 Å². The topological polar surface area (TPSA) is 0 Å². The van der Waals surface area contributed by atoms with Crippen LogP contribution in [-0.2, 0) is 0 Å². The third-order valence-electron chi connectivity index (χ3n) is 6.43. The minimum absolute atomic E-state index is 0.758. The summed E-state index contributed by atoms with van der Waals surface area (Å²) in [7, 11) is 0. The second-order valence-electron chi connectivity index (χ2n) is 7.86. The smallest absolute Gasteiger partial charge is 0.00902 e. The normalized spacial score (nSPS) is 37.2. The molecule has 3 fully saturated rings. The van der Waals surface area contributed by atoms with Gasteiger partial charge in [-0.15, -0.1) is 0 Å². The second-order valence-corrected chi connectivity index (χ2v) is 7.86. The van der Waals surface area contributed by atoms with Crippen LogP contribution in [0.4, 0.5) is 0 Å². The minimum atomic E-state index is 0.758. The largest absolute Gasteiger partial charge is 0.0993 e. The first-order valence-corrected chi connectivity index (χ1v) is 9.11. The van der Waals surface area contributed by atoms with Crippen molar-refractivity contribution in [3.05, 3.63) is 83.9 Å². The Morgan fingerprint density at radius 2 is 1.26 bits per heavy atom. The van der Waals surface area contributed by atoms with E-state index in [1.54, 1.807) is 11.1 Å². The second kappa shape index (κ2) is 5.09. The lowest BCUT2D eigenvalue weighted by molar-refractivity contribution is 0.633. The van der Waals surface area contributed by atoms with Gasteiger partial charge in [-0.3, -0.25) is 0 Å². The van der Waals surface area contributed by atoms with E-state index in [0.717, 1.165) is 35.5 Å². The van der Waals surface area contributed by atoms with Gasteiger partial charge >= 0.3 is 0 Å². The van der Waals surface area contributed by atoms with E-state index in [9.17, 15) is 0 Å². The highest BCUT2D eigenvalue weighted by Gasteiger charge is 2.57. The molecule has 2 aromatic rings. The lowest BCUT2D eigenvalue weighted by Crippen LogP contribution is -1.95. The van der Waals surface area contributed by atoms with Crippen LogP contribution >= 0.6 is 0 Å². The van der Waals surface area contributed by atoms with Crippen molar-refractivity contribution in [3.63, 3.8) is 0 Å². The molecule has 5 rings (SSSR count). The first-order valence-electron chi connectivity index (χ1n) is 9.11. The molecular formula is C23H24. The molecule has 23 heavy (non-hydrogen) atoms. The van der Waals surface area contributed by atoms with Crippen LogP contribution in [0.3, 0.4) is 0 Å². The molecule has 3 aliphatic rings. The Balaban J connectivity index is 1.19. The summed E-state index contributed by atoms with van der Waals surface area (Å²) in [4.78, 5) is 0. The molecule has 0 amide bonds. The molecule has 0 aromatic heterocycles. The zero-order valence-corrected chi connectivity index (χ0v) is 13.6. The maximum absolute atomic E-state index is 4.51. The van der Waals surface area contributed by atoms with E-state index in [2.05, 4.69) is 67.2 Å². The van der Waals surface area contributed by atoms with E-state index in [1.807, 2.05) is 0 Å². The number of allylic oxidation sites excluding steroid dienone is 1. The van der Waals surface area contributed by atoms with Crippen LogP contribution in [-0.4, -0.2) is 0 Å². The van der Waals surface area contributed by atoms with E-state index in [-0.39, 0.29) is 0 Å². The summed E-state index contributed by atoms with van der Waals surface area (Å²) in [6.07, 6.45) is 4.15. The molecule has 0 heterocycles. The predicted octanol–water partition coefficient (Wildman–Crippen LogP) is 5.79. The van der Waals surface area contributed by atoms with Gasteiger partial charge in [-0.2, -0.15) is 0 Å². The third-order valence-corrected chi connectivity index (χ3v) is 6.43. The minimum Gasteiger partial charge on any atom is -0.0993 e. The van der Waals surface area contributed by atoms with Gasteiger partial charge in [0, 0.05) is 0 Å². The van der Waals surface area contributed by atoms with Crippen molar-refractivity contribution in [1.29, 1.82) is 0 Å². The van der Waals surface area contributed by atoms with Crippen LogP contribution in [0.1, 0.15) is 42.2 Å². The monoisotopic (exact) mass is 300 g/mol. The van der Waals surface area contributed by atoms with Crippen molar-refractivity contribution < 1.29 is 0 Å². The van der Waals surface area contributed by atoms with Crippen LogP contribution < -0.4 is 0 Å². The quantitative estimate of drug-likeness (QED) is 0.613. The SMILES string of the molecule is C=C(C1CC1c1ccccc1)C1CC1C1CC1c1ccccc1. The molecule has 0 heteroatoms. The summed E-state index contributed by atoms with van der Waals surface area (Å²) < 4.78 is 0. The van der Waals surface area contributed by atoms with Crippen molar-refractivity contribution in [1.82, 2.24) is 0 Å². The molecule has 0 aliphatic heterocycles. The molecular weight excluding hydrogens is 276 g/mol. The van der Waals surface area contributed by atoms with Gasteiger partial charge in [0.25, 0.3) is 0 Å². The number of hydrogen-bond acceptors (Lipinski definition) is 0. The van der Waals surface area contributed by atoms with Crippen LogP contribution in [0, 0.1) is 23.7 Å². The molecule has 2 aromatic carbocycles. The fourth-order valence-electron chi connectivity index (χ4n) is 4.83. The summed E-state index contributed by atoms with van der Waals surface area (Å²) in [6, 6.07) is 22.1. The lowest BCUT2D eigenvalue weighted by Gasteiger charge is -2.05. The predicted molar refractivity (Wildman–Crippen MR) is 95.3 cm³/mol. The molecule has 6 atom stereocenters. The van der Waals surface area contributed by atoms with Crippen LogP contribution in [0.5, 0.6) is 0 Å². The van der Waals surface area contributed by atoms with Gasteiger partial charge in [0.1, 0.15) is 0 Å². The molecule has 116 valence electrons. The van der Waals surface area contributed by atoms with Crippen molar-refractivity contribution in [2.75, 3.05) is 0 Å². The zero-order valence-electron chi connectivity index (χ0n) is 13.6. The maximum atomic E-state index is 4.51. The zero-order chi connectivity index (χ0) is 15.4. The Labute approximate surface area is 139 Å². The molecule has 3 aliphatic carbocycles. The van der Waals surface area contributed by atoms with Crippen molar-refractivity contribution in [2.45, 2.75) is 31.1 Å². The van der Waals surface area contributed by atoms with Crippen molar-refractivity contribution in [2.24, 2.45) is 23.7 Å². The van der Waals surface area contributed by atoms with E-state index in [4.69, 9.17) is 0 Å². The molecule has 0 saturated heterocycles. The Morgan fingerprint density at radius 3 is 1.91 bits per heavy atom. The van der Waals surface area contributed by atoms with E-state index >= 15 is 0 Å². The molecule has 0 nitrogen and oxygen atoms in total. The Hall–Kier alpha value is -1.82. The van der Waals surface area contributed by atoms with Crippen molar-refractivity contribution in [3.8, 4) is 0 Å². The molecule has 0 N–H and O–H groups in total. The Kier molecular flexibility index (Phi) is 3.01. The highest BCUT2D eigenvalue weighted by atomic mass is 14.6. The fraction of sp³-hybridized carbons (Fsp3) is 0.391. The van der Waals surface area contributed by atoms with Gasteiger partial charge < -0.3 is 0 Å². The third kappa shape index (κ3) is 2.45. The van der Waals surface area contributed by atoms with Gasteiger partial charge in [-0.05, 0) is 65.9 Å². The first kappa shape index (κ1) is 13.6. The highest BCUT2D eigenvalue weighted by Crippen LogP contribution is 2.66. The summed E-state index contributed by atoms with van der Waals surface area (Å²) in [5, 5.41) is 0. The maximum Gasteiger partial charge on any atom is -0.00902 e. The first-order chi connectivity index (χ1) is 11.3. The lowest BCUT2D eigenvalue weighted by atomic mass is 9.99. The number of rotatable bonds is 5. The van der Waals surface area contributed by atoms with Crippen LogP contribution in [0.2, 0.25) is 0 Å². The summed E-state index contributed by atoms with van der Waals surface area (Å²) in [6.45, 7) is 4.51. The molecule has 6 unspecified atom stereocenters. The Bertz CT molecular complexity index is 714. The van der Waals surface area contributed by atoms with Gasteiger partial charge in [0.15, 0.2) is 0 Å². The van der Waals surface area contributed by atoms with Crippen molar-refractivity contribution >= 4 is 0 Å². The average Bonchev–Trinajstić information content (AvgIpc) is 3.49. The summed E-state index contributed by atoms with van der Waals surface area (Å²) >= 11 is 0. The fourth-order valence-corrected chi connectivity index (χ4v) is 4.83. The highest BCUT2D eigenvalue weighted by molar-refractivity contribution is 5.35. The van der Waals surface area contributed by atoms with Gasteiger partial charge in [0.2, 0.25) is 0 Å². The van der Waals surface area contributed by atoms with Gasteiger partial charge in [-0.1, -0.05) is 72.8 Å². The Morgan fingerprint density at radius 1 is 0.652 bits per heavy atom. The average molecular weight is 300 g/mol. The van der Waals surface area contributed by atoms with Crippen LogP contribution in [0.15, 0.2) is 72.8 Å². The molecule has 0 radical (unpaired) electrons. The molecule has 3 saturated carbocycles. The van der Waals surface area contributed by atoms with Gasteiger partial charge in [0.05, 0.1) is 0 Å².